The number of esters is 1. The lowest BCUT2D eigenvalue weighted by Crippen LogP contribution is -2.19. The van der Waals surface area contributed by atoms with Crippen molar-refractivity contribution in [3.05, 3.63) is 48.6 Å². The number of carbonyl (C=O) groups is 1. The number of hydrogen-bond donors (Lipinski definition) is 1. The molecule has 274 valence electrons. The molecule has 47 heavy (non-hydrogen) atoms. The number of unbranched alkanes of at least 4 members (excludes halogenated alkanes) is 19. The highest BCUT2D eigenvalue weighted by Gasteiger charge is 2.14. The van der Waals surface area contributed by atoms with Crippen LogP contribution in [0.5, 0.6) is 0 Å². The van der Waals surface area contributed by atoms with Gasteiger partial charge in [-0.05, 0) is 116 Å². The van der Waals surface area contributed by atoms with Crippen LogP contribution < -0.4 is 5.32 Å². The molecule has 0 unspecified atom stereocenters. The number of allylic oxidation sites excluding steroid dienone is 8. The summed E-state index contributed by atoms with van der Waals surface area (Å²) in [4.78, 5) is 12.6. The summed E-state index contributed by atoms with van der Waals surface area (Å²) in [5.74, 6) is 0.0200. The first-order valence-electron chi connectivity index (χ1n) is 20.7. The second-order valence-corrected chi connectivity index (χ2v) is 13.7. The molecular weight excluding hydrogens is 574 g/mol. The summed E-state index contributed by atoms with van der Waals surface area (Å²) in [6.45, 7) is 8.64. The topological polar surface area (TPSA) is 38.3 Å². The van der Waals surface area contributed by atoms with Crippen molar-refractivity contribution in [1.82, 2.24) is 5.32 Å². The molecule has 0 radical (unpaired) electrons. The number of hydrogen-bond acceptors (Lipinski definition) is 3. The van der Waals surface area contributed by atoms with Gasteiger partial charge in [0, 0.05) is 6.42 Å². The first-order chi connectivity index (χ1) is 23.2. The van der Waals surface area contributed by atoms with Gasteiger partial charge in [-0.15, -0.1) is 0 Å². The van der Waals surface area contributed by atoms with E-state index in [2.05, 4.69) is 74.7 Å². The molecular formula is C44H81NO2. The average molecular weight is 656 g/mol. The zero-order valence-electron chi connectivity index (χ0n) is 31.9. The van der Waals surface area contributed by atoms with Crippen LogP contribution in [0.1, 0.15) is 207 Å². The van der Waals surface area contributed by atoms with Crippen LogP contribution in [0.4, 0.5) is 0 Å². The predicted molar refractivity (Wildman–Crippen MR) is 210 cm³/mol. The van der Waals surface area contributed by atoms with Crippen molar-refractivity contribution < 1.29 is 9.53 Å². The molecule has 0 bridgehead atoms. The molecule has 0 saturated carbocycles. The largest absolute Gasteiger partial charge is 0.462 e. The van der Waals surface area contributed by atoms with Crippen molar-refractivity contribution in [2.45, 2.75) is 213 Å². The highest BCUT2D eigenvalue weighted by Crippen LogP contribution is 2.18. The number of carbonyl (C=O) groups excluding carboxylic acids is 1. The molecule has 0 aliphatic carbocycles. The number of rotatable bonds is 37. The maximum Gasteiger partial charge on any atom is 0.306 e. The predicted octanol–water partition coefficient (Wildman–Crippen LogP) is 14.1. The fourth-order valence-electron chi connectivity index (χ4n) is 5.92. The first-order valence-corrected chi connectivity index (χ1v) is 20.7. The van der Waals surface area contributed by atoms with Crippen LogP contribution in [0.15, 0.2) is 48.6 Å². The second-order valence-electron chi connectivity index (χ2n) is 13.7. The van der Waals surface area contributed by atoms with Gasteiger partial charge in [0.05, 0.1) is 0 Å². The smallest absolute Gasteiger partial charge is 0.306 e. The van der Waals surface area contributed by atoms with Gasteiger partial charge in [-0.1, -0.05) is 146 Å². The van der Waals surface area contributed by atoms with Crippen LogP contribution in [0.25, 0.3) is 0 Å². The number of nitrogens with one attached hydrogen (secondary N) is 1. The molecule has 0 amide bonds. The van der Waals surface area contributed by atoms with Gasteiger partial charge in [0.1, 0.15) is 6.10 Å². The molecule has 0 aliphatic rings. The van der Waals surface area contributed by atoms with Crippen molar-refractivity contribution in [2.75, 3.05) is 13.1 Å². The molecule has 0 spiro atoms. The molecule has 0 aromatic carbocycles. The van der Waals surface area contributed by atoms with E-state index >= 15 is 0 Å². The Kier molecular flexibility index (Phi) is 39.2. The van der Waals surface area contributed by atoms with Crippen LogP contribution >= 0.6 is 0 Å². The normalized spacial score (nSPS) is 12.3. The Balaban J connectivity index is 4.05. The summed E-state index contributed by atoms with van der Waals surface area (Å²) in [6.07, 6.45) is 53.9. The SMILES string of the molecule is CCCCC/C=C\C/C=C\CCCCCCCCC(CCCCCCCC/C=C\C/C=C\CCCCC)OC(=O)CCCCNCC. The fourth-order valence-corrected chi connectivity index (χ4v) is 5.92. The molecule has 3 heteroatoms. The maximum atomic E-state index is 12.6. The fraction of sp³-hybridized carbons (Fsp3) is 0.795. The monoisotopic (exact) mass is 656 g/mol. The lowest BCUT2D eigenvalue weighted by atomic mass is 10.0. The van der Waals surface area contributed by atoms with Crippen molar-refractivity contribution in [1.29, 1.82) is 0 Å². The molecule has 3 nitrogen and oxygen atoms in total. The van der Waals surface area contributed by atoms with E-state index in [9.17, 15) is 4.79 Å². The Morgan fingerprint density at radius 1 is 0.489 bits per heavy atom. The quantitative estimate of drug-likeness (QED) is 0.0411. The molecule has 0 rings (SSSR count). The molecule has 0 aliphatic heterocycles. The van der Waals surface area contributed by atoms with Crippen LogP contribution in [0, 0.1) is 0 Å². The van der Waals surface area contributed by atoms with Crippen LogP contribution in [-0.4, -0.2) is 25.2 Å². The Bertz CT molecular complexity index is 689. The van der Waals surface area contributed by atoms with E-state index in [0.29, 0.717) is 6.42 Å². The van der Waals surface area contributed by atoms with Crippen LogP contribution in [0.3, 0.4) is 0 Å². The third-order valence-electron chi connectivity index (χ3n) is 8.99. The number of ether oxygens (including phenoxy) is 1. The van der Waals surface area contributed by atoms with E-state index in [0.717, 1.165) is 51.6 Å². The van der Waals surface area contributed by atoms with Crippen molar-refractivity contribution >= 4 is 5.97 Å². The summed E-state index contributed by atoms with van der Waals surface area (Å²) in [5, 5.41) is 3.35. The van der Waals surface area contributed by atoms with Crippen LogP contribution in [0.2, 0.25) is 0 Å². The Morgan fingerprint density at radius 2 is 0.894 bits per heavy atom. The van der Waals surface area contributed by atoms with E-state index in [1.165, 1.54) is 141 Å². The average Bonchev–Trinajstić information content (AvgIpc) is 3.07. The summed E-state index contributed by atoms with van der Waals surface area (Å²) < 4.78 is 6.02. The Hall–Kier alpha value is -1.61. The van der Waals surface area contributed by atoms with Gasteiger partial charge in [0.15, 0.2) is 0 Å². The van der Waals surface area contributed by atoms with Gasteiger partial charge in [-0.25, -0.2) is 0 Å². The van der Waals surface area contributed by atoms with E-state index in [4.69, 9.17) is 4.74 Å². The molecule has 0 aromatic heterocycles. The molecule has 0 heterocycles. The third-order valence-corrected chi connectivity index (χ3v) is 8.99. The third kappa shape index (κ3) is 38.7. The highest BCUT2D eigenvalue weighted by molar-refractivity contribution is 5.69. The molecule has 0 atom stereocenters. The standard InChI is InChI=1S/C44H81NO2/c1-4-7-9-11-13-15-17-19-21-23-25-27-29-31-33-35-39-43(47-44(46)41-37-38-42-45-6-3)40-36-34-32-30-28-26-24-22-20-18-16-14-12-10-8-5-2/h13-16,19-22,43,45H,4-12,17-18,23-42H2,1-3H3/b15-13-,16-14-,21-19-,22-20-. The summed E-state index contributed by atoms with van der Waals surface area (Å²) in [7, 11) is 0. The van der Waals surface area contributed by atoms with Crippen molar-refractivity contribution in [2.24, 2.45) is 0 Å². The van der Waals surface area contributed by atoms with Gasteiger partial charge in [-0.3, -0.25) is 4.79 Å². The van der Waals surface area contributed by atoms with E-state index in [1.807, 2.05) is 0 Å². The lowest BCUT2D eigenvalue weighted by molar-refractivity contribution is -0.150. The highest BCUT2D eigenvalue weighted by atomic mass is 16.5. The van der Waals surface area contributed by atoms with Gasteiger partial charge in [0.25, 0.3) is 0 Å². The molecule has 0 aromatic rings. The molecule has 1 N–H and O–H groups in total. The zero-order chi connectivity index (χ0) is 34.1. The summed E-state index contributed by atoms with van der Waals surface area (Å²) in [6, 6.07) is 0. The molecule has 0 fully saturated rings. The summed E-state index contributed by atoms with van der Waals surface area (Å²) >= 11 is 0. The minimum atomic E-state index is 0.0200. The van der Waals surface area contributed by atoms with Gasteiger partial charge < -0.3 is 10.1 Å². The van der Waals surface area contributed by atoms with E-state index in [-0.39, 0.29) is 12.1 Å². The minimum absolute atomic E-state index is 0.0200. The summed E-state index contributed by atoms with van der Waals surface area (Å²) in [5.41, 5.74) is 0. The van der Waals surface area contributed by atoms with Crippen LogP contribution in [-0.2, 0) is 9.53 Å². The Morgan fingerprint density at radius 3 is 1.32 bits per heavy atom. The van der Waals surface area contributed by atoms with Gasteiger partial charge >= 0.3 is 5.97 Å². The zero-order valence-corrected chi connectivity index (χ0v) is 31.9. The van der Waals surface area contributed by atoms with Crippen molar-refractivity contribution in [3.8, 4) is 0 Å². The van der Waals surface area contributed by atoms with Gasteiger partial charge in [0.2, 0.25) is 0 Å². The van der Waals surface area contributed by atoms with Gasteiger partial charge in [-0.2, -0.15) is 0 Å². The van der Waals surface area contributed by atoms with E-state index < -0.39 is 0 Å². The van der Waals surface area contributed by atoms with Crippen molar-refractivity contribution in [3.63, 3.8) is 0 Å². The minimum Gasteiger partial charge on any atom is -0.462 e. The Labute approximate surface area is 294 Å². The van der Waals surface area contributed by atoms with E-state index in [1.54, 1.807) is 0 Å². The molecule has 0 saturated heterocycles. The lowest BCUT2D eigenvalue weighted by Gasteiger charge is -2.18. The first kappa shape index (κ1) is 45.4. The maximum absolute atomic E-state index is 12.6. The second kappa shape index (κ2) is 40.6.